The summed E-state index contributed by atoms with van der Waals surface area (Å²) in [5.74, 6) is -0.877. The maximum absolute atomic E-state index is 12.9. The maximum atomic E-state index is 12.9. The van der Waals surface area contributed by atoms with Crippen LogP contribution in [0.5, 0.6) is 0 Å². The topological polar surface area (TPSA) is 78.9 Å². The second-order valence-electron chi connectivity index (χ2n) is 22.0. The van der Waals surface area contributed by atoms with Crippen molar-refractivity contribution < 1.29 is 28.6 Å². The van der Waals surface area contributed by atoms with E-state index in [9.17, 15) is 14.4 Å². The molecule has 1 atom stereocenters. The van der Waals surface area contributed by atoms with E-state index in [1.54, 1.807) is 0 Å². The van der Waals surface area contributed by atoms with E-state index in [0.29, 0.717) is 19.3 Å². The average molecular weight is 1060 g/mol. The molecule has 0 aromatic rings. The fraction of sp³-hybridized carbons (Fsp3) is 0.786. The van der Waals surface area contributed by atoms with Gasteiger partial charge >= 0.3 is 17.9 Å². The van der Waals surface area contributed by atoms with E-state index in [-0.39, 0.29) is 31.1 Å². The highest BCUT2D eigenvalue weighted by molar-refractivity contribution is 5.71. The van der Waals surface area contributed by atoms with Crippen molar-refractivity contribution in [3.63, 3.8) is 0 Å². The van der Waals surface area contributed by atoms with Crippen LogP contribution in [0, 0.1) is 0 Å². The molecule has 6 nitrogen and oxygen atoms in total. The molecule has 76 heavy (non-hydrogen) atoms. The first-order valence-corrected chi connectivity index (χ1v) is 32.9. The van der Waals surface area contributed by atoms with Crippen molar-refractivity contribution in [2.45, 2.75) is 341 Å². The molecule has 0 spiro atoms. The van der Waals surface area contributed by atoms with Crippen molar-refractivity contribution in [3.05, 3.63) is 72.9 Å². The Hall–Kier alpha value is -3.15. The Morgan fingerprint density at radius 3 is 0.816 bits per heavy atom. The molecule has 0 heterocycles. The molecule has 0 bridgehead atoms. The van der Waals surface area contributed by atoms with Crippen molar-refractivity contribution in [2.24, 2.45) is 0 Å². The first-order chi connectivity index (χ1) is 37.5. The highest BCUT2D eigenvalue weighted by Gasteiger charge is 2.19. The third-order valence-electron chi connectivity index (χ3n) is 14.4. The number of carbonyl (C=O) groups excluding carboxylic acids is 3. The molecule has 0 aliphatic rings. The second-order valence-corrected chi connectivity index (χ2v) is 22.0. The molecule has 0 rings (SSSR count). The van der Waals surface area contributed by atoms with Crippen LogP contribution in [0.3, 0.4) is 0 Å². The number of esters is 3. The lowest BCUT2D eigenvalue weighted by Gasteiger charge is -2.18. The van der Waals surface area contributed by atoms with Crippen LogP contribution in [0.1, 0.15) is 335 Å². The monoisotopic (exact) mass is 1060 g/mol. The van der Waals surface area contributed by atoms with E-state index in [1.807, 2.05) is 0 Å². The van der Waals surface area contributed by atoms with Gasteiger partial charge in [-0.25, -0.2) is 0 Å². The Morgan fingerprint density at radius 2 is 0.513 bits per heavy atom. The molecular formula is C70H124O6. The third-order valence-corrected chi connectivity index (χ3v) is 14.4. The SMILES string of the molecule is CC/C=C\C/C=C\C/C=C\C/C=C\C/C=C\CCCCCCCCCCCC(=O)OC(COC(=O)CCCCCCCC)COC(=O)CCCCCCCCCCCCCCCCC/C=C\CCCCCCCCCC. The van der Waals surface area contributed by atoms with Gasteiger partial charge in [0.25, 0.3) is 0 Å². The molecule has 0 aromatic carbocycles. The zero-order valence-electron chi connectivity index (χ0n) is 50.5. The minimum absolute atomic E-state index is 0.0749. The van der Waals surface area contributed by atoms with Gasteiger partial charge in [-0.05, 0) is 89.9 Å². The molecule has 6 heteroatoms. The normalized spacial score (nSPS) is 12.5. The van der Waals surface area contributed by atoms with E-state index in [0.717, 1.165) is 96.3 Å². The molecule has 0 aromatic heterocycles. The highest BCUT2D eigenvalue weighted by Crippen LogP contribution is 2.17. The lowest BCUT2D eigenvalue weighted by atomic mass is 10.0. The van der Waals surface area contributed by atoms with Crippen molar-refractivity contribution in [1.29, 1.82) is 0 Å². The minimum Gasteiger partial charge on any atom is -0.462 e. The Kier molecular flexibility index (Phi) is 61.7. The van der Waals surface area contributed by atoms with Gasteiger partial charge in [-0.2, -0.15) is 0 Å². The van der Waals surface area contributed by atoms with E-state index >= 15 is 0 Å². The lowest BCUT2D eigenvalue weighted by molar-refractivity contribution is -0.167. The van der Waals surface area contributed by atoms with Crippen LogP contribution in [0.25, 0.3) is 0 Å². The molecule has 0 aliphatic carbocycles. The summed E-state index contributed by atoms with van der Waals surface area (Å²) in [6.07, 6.45) is 83.8. The largest absolute Gasteiger partial charge is 0.462 e. The second kappa shape index (κ2) is 64.4. The molecule has 440 valence electrons. The molecule has 0 amide bonds. The van der Waals surface area contributed by atoms with Gasteiger partial charge in [0.05, 0.1) is 0 Å². The molecule has 0 N–H and O–H groups in total. The van der Waals surface area contributed by atoms with E-state index in [4.69, 9.17) is 14.2 Å². The minimum atomic E-state index is -0.775. The van der Waals surface area contributed by atoms with Crippen LogP contribution < -0.4 is 0 Å². The van der Waals surface area contributed by atoms with Gasteiger partial charge in [0.2, 0.25) is 0 Å². The maximum Gasteiger partial charge on any atom is 0.306 e. The van der Waals surface area contributed by atoms with Gasteiger partial charge in [-0.1, -0.05) is 299 Å². The van der Waals surface area contributed by atoms with Gasteiger partial charge in [0.1, 0.15) is 13.2 Å². The number of allylic oxidation sites excluding steroid dienone is 12. The summed E-state index contributed by atoms with van der Waals surface area (Å²) < 4.78 is 16.8. The van der Waals surface area contributed by atoms with Gasteiger partial charge in [-0.15, -0.1) is 0 Å². The summed E-state index contributed by atoms with van der Waals surface area (Å²) in [7, 11) is 0. The van der Waals surface area contributed by atoms with Crippen LogP contribution in [-0.2, 0) is 28.6 Å². The first kappa shape index (κ1) is 72.8. The number of carbonyl (C=O) groups is 3. The van der Waals surface area contributed by atoms with Crippen molar-refractivity contribution in [2.75, 3.05) is 13.2 Å². The average Bonchev–Trinajstić information content (AvgIpc) is 3.42. The van der Waals surface area contributed by atoms with Gasteiger partial charge in [0, 0.05) is 19.3 Å². The summed E-state index contributed by atoms with van der Waals surface area (Å²) in [5, 5.41) is 0. The summed E-state index contributed by atoms with van der Waals surface area (Å²) in [6, 6.07) is 0. The van der Waals surface area contributed by atoms with Crippen LogP contribution in [0.15, 0.2) is 72.9 Å². The Labute approximate surface area is 472 Å². The Balaban J connectivity index is 4.06. The Bertz CT molecular complexity index is 1400. The lowest BCUT2D eigenvalue weighted by Crippen LogP contribution is -2.30. The fourth-order valence-electron chi connectivity index (χ4n) is 9.53. The molecular weight excluding hydrogens is 937 g/mol. The van der Waals surface area contributed by atoms with Crippen molar-refractivity contribution >= 4 is 17.9 Å². The predicted octanol–water partition coefficient (Wildman–Crippen LogP) is 22.5. The summed E-state index contributed by atoms with van der Waals surface area (Å²) in [4.78, 5) is 38.0. The number of rotatable bonds is 60. The number of ether oxygens (including phenoxy) is 3. The van der Waals surface area contributed by atoms with E-state index in [2.05, 4.69) is 93.7 Å². The summed E-state index contributed by atoms with van der Waals surface area (Å²) in [5.41, 5.74) is 0. The third kappa shape index (κ3) is 61.7. The van der Waals surface area contributed by atoms with Crippen molar-refractivity contribution in [1.82, 2.24) is 0 Å². The quantitative estimate of drug-likeness (QED) is 0.0261. The standard InChI is InChI=1S/C70H124O6/c1-4-7-10-13-16-18-20-22-24-26-28-30-32-34-35-37-38-40-42-44-46-48-50-52-54-57-60-63-69(72)75-66-67(65-74-68(71)62-59-56-15-12-9-6-3)76-70(73)64-61-58-55-53-51-49-47-45-43-41-39-36-33-31-29-27-25-23-21-19-17-14-11-8-5-2/h8,11,17,19,23,25-26,28-29,31,36,39,67H,4-7,9-10,12-16,18,20-22,24,27,30,32-35,37-38,40-66H2,1-3H3/b11-8-,19-17-,25-23-,28-26-,31-29-,39-36-. The summed E-state index contributed by atoms with van der Waals surface area (Å²) in [6.45, 7) is 6.50. The van der Waals surface area contributed by atoms with E-state index in [1.165, 1.54) is 199 Å². The number of unbranched alkanes of at least 4 members (excludes halogenated alkanes) is 37. The Morgan fingerprint density at radius 1 is 0.276 bits per heavy atom. The molecule has 0 saturated carbocycles. The summed E-state index contributed by atoms with van der Waals surface area (Å²) >= 11 is 0. The van der Waals surface area contributed by atoms with Gasteiger partial charge in [-0.3, -0.25) is 14.4 Å². The highest BCUT2D eigenvalue weighted by atomic mass is 16.6. The zero-order chi connectivity index (χ0) is 55.0. The fourth-order valence-corrected chi connectivity index (χ4v) is 9.53. The molecule has 1 unspecified atom stereocenters. The number of hydrogen-bond donors (Lipinski definition) is 0. The smallest absolute Gasteiger partial charge is 0.306 e. The molecule has 0 saturated heterocycles. The van der Waals surface area contributed by atoms with Gasteiger partial charge < -0.3 is 14.2 Å². The molecule has 0 aliphatic heterocycles. The molecule has 0 fully saturated rings. The van der Waals surface area contributed by atoms with Crippen molar-refractivity contribution in [3.8, 4) is 0 Å². The van der Waals surface area contributed by atoms with Gasteiger partial charge in [0.15, 0.2) is 6.10 Å². The van der Waals surface area contributed by atoms with Crippen LogP contribution in [-0.4, -0.2) is 37.2 Å². The first-order valence-electron chi connectivity index (χ1n) is 32.9. The molecule has 0 radical (unpaired) electrons. The predicted molar refractivity (Wildman–Crippen MR) is 330 cm³/mol. The zero-order valence-corrected chi connectivity index (χ0v) is 50.5. The van der Waals surface area contributed by atoms with Crippen LogP contribution in [0.4, 0.5) is 0 Å². The van der Waals surface area contributed by atoms with E-state index < -0.39 is 6.10 Å². The van der Waals surface area contributed by atoms with Crippen LogP contribution in [0.2, 0.25) is 0 Å². The van der Waals surface area contributed by atoms with Crippen LogP contribution >= 0.6 is 0 Å². The number of hydrogen-bond acceptors (Lipinski definition) is 6.